The van der Waals surface area contributed by atoms with Crippen molar-refractivity contribution in [2.45, 2.75) is 0 Å². The summed E-state index contributed by atoms with van der Waals surface area (Å²) in [6.45, 7) is 1.99. The van der Waals surface area contributed by atoms with Crippen molar-refractivity contribution in [3.8, 4) is 5.75 Å². The molecule has 15 heavy (non-hydrogen) atoms. The SMILES string of the molecule is Cl.NCCOCCOc1ccc(F)cc1. The molecule has 1 aromatic carbocycles. The van der Waals surface area contributed by atoms with Gasteiger partial charge in [0.05, 0.1) is 13.2 Å². The van der Waals surface area contributed by atoms with Gasteiger partial charge in [-0.05, 0) is 24.3 Å². The molecule has 0 unspecified atom stereocenters. The van der Waals surface area contributed by atoms with Gasteiger partial charge in [-0.25, -0.2) is 4.39 Å². The first-order chi connectivity index (χ1) is 6.83. The van der Waals surface area contributed by atoms with Crippen molar-refractivity contribution in [1.29, 1.82) is 0 Å². The van der Waals surface area contributed by atoms with Gasteiger partial charge < -0.3 is 15.2 Å². The van der Waals surface area contributed by atoms with Crippen LogP contribution in [0.2, 0.25) is 0 Å². The maximum absolute atomic E-state index is 12.5. The van der Waals surface area contributed by atoms with Crippen LogP contribution >= 0.6 is 12.4 Å². The summed E-state index contributed by atoms with van der Waals surface area (Å²) in [6, 6.07) is 5.88. The highest BCUT2D eigenvalue weighted by molar-refractivity contribution is 5.85. The number of hydrogen-bond donors (Lipinski definition) is 1. The van der Waals surface area contributed by atoms with E-state index in [1.54, 1.807) is 12.1 Å². The largest absolute Gasteiger partial charge is 0.491 e. The lowest BCUT2D eigenvalue weighted by Gasteiger charge is -2.05. The molecule has 0 atom stereocenters. The van der Waals surface area contributed by atoms with Crippen molar-refractivity contribution in [3.63, 3.8) is 0 Å². The van der Waals surface area contributed by atoms with Crippen LogP contribution in [0.5, 0.6) is 5.75 Å². The van der Waals surface area contributed by atoms with E-state index in [0.29, 0.717) is 32.1 Å². The van der Waals surface area contributed by atoms with E-state index in [2.05, 4.69) is 0 Å². The van der Waals surface area contributed by atoms with Crippen LogP contribution in [0, 0.1) is 5.82 Å². The molecule has 0 bridgehead atoms. The highest BCUT2D eigenvalue weighted by atomic mass is 35.5. The molecule has 86 valence electrons. The van der Waals surface area contributed by atoms with Crippen molar-refractivity contribution in [2.75, 3.05) is 26.4 Å². The summed E-state index contributed by atoms with van der Waals surface area (Å²) in [4.78, 5) is 0. The summed E-state index contributed by atoms with van der Waals surface area (Å²) >= 11 is 0. The molecule has 1 aromatic rings. The standard InChI is InChI=1S/C10H14FNO2.ClH/c11-9-1-3-10(4-2-9)14-8-7-13-6-5-12;/h1-4H,5-8,12H2;1H. The van der Waals surface area contributed by atoms with Gasteiger partial charge in [-0.2, -0.15) is 0 Å². The van der Waals surface area contributed by atoms with E-state index in [-0.39, 0.29) is 18.2 Å². The lowest BCUT2D eigenvalue weighted by Crippen LogP contribution is -2.13. The zero-order valence-corrected chi connectivity index (χ0v) is 9.13. The summed E-state index contributed by atoms with van der Waals surface area (Å²) in [7, 11) is 0. The molecule has 2 N–H and O–H groups in total. The molecule has 0 saturated carbocycles. The van der Waals surface area contributed by atoms with E-state index in [4.69, 9.17) is 15.2 Å². The van der Waals surface area contributed by atoms with Crippen molar-refractivity contribution in [1.82, 2.24) is 0 Å². The van der Waals surface area contributed by atoms with Crippen LogP contribution in [0.3, 0.4) is 0 Å². The van der Waals surface area contributed by atoms with E-state index < -0.39 is 0 Å². The van der Waals surface area contributed by atoms with Crippen LogP contribution in [0.4, 0.5) is 4.39 Å². The number of hydrogen-bond acceptors (Lipinski definition) is 3. The molecule has 0 spiro atoms. The minimum Gasteiger partial charge on any atom is -0.491 e. The average Bonchev–Trinajstić information content (AvgIpc) is 2.21. The molecule has 0 fully saturated rings. The maximum Gasteiger partial charge on any atom is 0.123 e. The molecule has 0 aliphatic carbocycles. The van der Waals surface area contributed by atoms with Gasteiger partial charge in [0, 0.05) is 6.54 Å². The van der Waals surface area contributed by atoms with Gasteiger partial charge in [-0.15, -0.1) is 12.4 Å². The van der Waals surface area contributed by atoms with Gasteiger partial charge in [-0.1, -0.05) is 0 Å². The van der Waals surface area contributed by atoms with E-state index in [1.807, 2.05) is 0 Å². The summed E-state index contributed by atoms with van der Waals surface area (Å²) in [5, 5.41) is 0. The molecule has 0 amide bonds. The molecular weight excluding hydrogens is 221 g/mol. The van der Waals surface area contributed by atoms with Crippen molar-refractivity contribution >= 4 is 12.4 Å². The molecule has 0 aliphatic heterocycles. The summed E-state index contributed by atoms with van der Waals surface area (Å²) in [5.74, 6) is 0.375. The molecule has 3 nitrogen and oxygen atoms in total. The second-order valence-electron chi connectivity index (χ2n) is 2.70. The van der Waals surface area contributed by atoms with Gasteiger partial charge >= 0.3 is 0 Å². The normalized spacial score (nSPS) is 9.47. The molecule has 5 heteroatoms. The monoisotopic (exact) mass is 235 g/mol. The lowest BCUT2D eigenvalue weighted by atomic mass is 10.3. The number of ether oxygens (including phenoxy) is 2. The predicted molar refractivity (Wildman–Crippen MR) is 59.0 cm³/mol. The minimum atomic E-state index is -0.267. The van der Waals surface area contributed by atoms with Gasteiger partial charge in [0.25, 0.3) is 0 Å². The van der Waals surface area contributed by atoms with Crippen molar-refractivity contribution in [3.05, 3.63) is 30.1 Å². The van der Waals surface area contributed by atoms with Crippen LogP contribution < -0.4 is 10.5 Å². The van der Waals surface area contributed by atoms with Crippen molar-refractivity contribution in [2.24, 2.45) is 5.73 Å². The average molecular weight is 236 g/mol. The Balaban J connectivity index is 0.00000196. The molecular formula is C10H15ClFNO2. The van der Waals surface area contributed by atoms with Crippen LogP contribution in [0.1, 0.15) is 0 Å². The number of halogens is 2. The van der Waals surface area contributed by atoms with Gasteiger partial charge in [0.1, 0.15) is 18.2 Å². The fourth-order valence-electron chi connectivity index (χ4n) is 0.935. The summed E-state index contributed by atoms with van der Waals surface area (Å²) in [5.41, 5.74) is 5.23. The fraction of sp³-hybridized carbons (Fsp3) is 0.400. The van der Waals surface area contributed by atoms with E-state index >= 15 is 0 Å². The number of benzene rings is 1. The lowest BCUT2D eigenvalue weighted by molar-refractivity contribution is 0.106. The topological polar surface area (TPSA) is 44.5 Å². The van der Waals surface area contributed by atoms with Crippen LogP contribution in [-0.2, 0) is 4.74 Å². The smallest absolute Gasteiger partial charge is 0.123 e. The number of rotatable bonds is 6. The third-order valence-electron chi connectivity index (χ3n) is 1.57. The van der Waals surface area contributed by atoms with E-state index in [1.165, 1.54) is 12.1 Å². The zero-order valence-electron chi connectivity index (χ0n) is 8.32. The Morgan fingerprint density at radius 2 is 1.73 bits per heavy atom. The first-order valence-electron chi connectivity index (χ1n) is 4.49. The third-order valence-corrected chi connectivity index (χ3v) is 1.57. The van der Waals surface area contributed by atoms with E-state index in [0.717, 1.165) is 0 Å². The van der Waals surface area contributed by atoms with Gasteiger partial charge in [-0.3, -0.25) is 0 Å². The number of nitrogens with two attached hydrogens (primary N) is 1. The van der Waals surface area contributed by atoms with Crippen LogP contribution in [0.25, 0.3) is 0 Å². The molecule has 0 saturated heterocycles. The molecule has 1 rings (SSSR count). The van der Waals surface area contributed by atoms with Crippen LogP contribution in [-0.4, -0.2) is 26.4 Å². The maximum atomic E-state index is 12.5. The quantitative estimate of drug-likeness (QED) is 0.762. The van der Waals surface area contributed by atoms with E-state index in [9.17, 15) is 4.39 Å². The Morgan fingerprint density at radius 3 is 2.33 bits per heavy atom. The first kappa shape index (κ1) is 14.2. The molecule has 0 heterocycles. The highest BCUT2D eigenvalue weighted by Crippen LogP contribution is 2.10. The van der Waals surface area contributed by atoms with Crippen molar-refractivity contribution < 1.29 is 13.9 Å². The third kappa shape index (κ3) is 6.28. The van der Waals surface area contributed by atoms with Crippen LogP contribution in [0.15, 0.2) is 24.3 Å². The fourth-order valence-corrected chi connectivity index (χ4v) is 0.935. The molecule has 0 aliphatic rings. The molecule has 0 radical (unpaired) electrons. The zero-order chi connectivity index (χ0) is 10.2. The Labute approximate surface area is 94.8 Å². The Bertz CT molecular complexity index is 256. The summed E-state index contributed by atoms with van der Waals surface area (Å²) < 4.78 is 22.9. The summed E-state index contributed by atoms with van der Waals surface area (Å²) in [6.07, 6.45) is 0. The Hall–Kier alpha value is -0.840. The minimum absolute atomic E-state index is 0. The first-order valence-corrected chi connectivity index (χ1v) is 4.49. The highest BCUT2D eigenvalue weighted by Gasteiger charge is 1.93. The van der Waals surface area contributed by atoms with Gasteiger partial charge in [0.2, 0.25) is 0 Å². The Morgan fingerprint density at radius 1 is 1.07 bits per heavy atom. The van der Waals surface area contributed by atoms with Gasteiger partial charge in [0.15, 0.2) is 0 Å². The Kier molecular flexibility index (Phi) is 7.99. The second-order valence-corrected chi connectivity index (χ2v) is 2.70. The predicted octanol–water partition coefficient (Wildman–Crippen LogP) is 1.60. The second kappa shape index (κ2) is 8.47. The molecule has 0 aromatic heterocycles.